The number of hydrogen-bond donors (Lipinski definition) is 2. The Morgan fingerprint density at radius 3 is 2.39 bits per heavy atom. The SMILES string of the molecule is CC(C(=O)NCc1ccc(C(C)(C)C)nc1SCc1ccccc1)c1ccc(NS(C)(=O)=O)c(F)c1. The zero-order chi connectivity index (χ0) is 26.5. The predicted molar refractivity (Wildman–Crippen MR) is 144 cm³/mol. The minimum Gasteiger partial charge on any atom is -0.351 e. The topological polar surface area (TPSA) is 88.2 Å². The van der Waals surface area contributed by atoms with Crippen LogP contribution in [0.15, 0.2) is 65.7 Å². The number of aromatic nitrogens is 1. The zero-order valence-corrected chi connectivity index (χ0v) is 22.8. The third-order valence-electron chi connectivity index (χ3n) is 5.56. The molecule has 192 valence electrons. The highest BCUT2D eigenvalue weighted by Crippen LogP contribution is 2.29. The molecular weight excluding hydrogens is 497 g/mol. The smallest absolute Gasteiger partial charge is 0.229 e. The summed E-state index contributed by atoms with van der Waals surface area (Å²) in [6.45, 7) is 8.30. The maximum atomic E-state index is 14.4. The fraction of sp³-hybridized carbons (Fsp3) is 0.333. The van der Waals surface area contributed by atoms with Gasteiger partial charge in [0.05, 0.1) is 17.9 Å². The van der Waals surface area contributed by atoms with Crippen molar-refractivity contribution in [1.29, 1.82) is 0 Å². The maximum Gasteiger partial charge on any atom is 0.229 e. The van der Waals surface area contributed by atoms with Crippen molar-refractivity contribution in [3.05, 3.63) is 88.9 Å². The predicted octanol–water partition coefficient (Wildman–Crippen LogP) is 5.60. The number of amides is 1. The van der Waals surface area contributed by atoms with Crippen LogP contribution in [-0.2, 0) is 32.5 Å². The number of nitrogens with one attached hydrogen (secondary N) is 2. The zero-order valence-electron chi connectivity index (χ0n) is 21.1. The van der Waals surface area contributed by atoms with E-state index >= 15 is 0 Å². The number of halogens is 1. The van der Waals surface area contributed by atoms with Gasteiger partial charge in [0.25, 0.3) is 0 Å². The Balaban J connectivity index is 1.73. The second-order valence-corrected chi connectivity index (χ2v) is 12.5. The minimum atomic E-state index is -3.60. The molecule has 0 saturated heterocycles. The Bertz CT molecular complexity index is 1320. The molecule has 0 aliphatic carbocycles. The largest absolute Gasteiger partial charge is 0.351 e. The average Bonchev–Trinajstić information content (AvgIpc) is 2.81. The first-order chi connectivity index (χ1) is 16.8. The first-order valence-electron chi connectivity index (χ1n) is 11.6. The van der Waals surface area contributed by atoms with E-state index in [0.717, 1.165) is 28.3 Å². The van der Waals surface area contributed by atoms with Crippen LogP contribution in [0.1, 0.15) is 56.0 Å². The number of hydrogen-bond acceptors (Lipinski definition) is 5. The Hall–Kier alpha value is -2.91. The number of pyridine rings is 1. The highest BCUT2D eigenvalue weighted by Gasteiger charge is 2.20. The van der Waals surface area contributed by atoms with E-state index in [0.29, 0.717) is 5.56 Å². The molecule has 0 aliphatic heterocycles. The van der Waals surface area contributed by atoms with Gasteiger partial charge in [0.2, 0.25) is 15.9 Å². The summed E-state index contributed by atoms with van der Waals surface area (Å²) in [6, 6.07) is 18.2. The molecule has 36 heavy (non-hydrogen) atoms. The van der Waals surface area contributed by atoms with E-state index in [2.05, 4.69) is 42.9 Å². The number of carbonyl (C=O) groups excluding carboxylic acids is 1. The minimum absolute atomic E-state index is 0.111. The van der Waals surface area contributed by atoms with Gasteiger partial charge in [0, 0.05) is 29.0 Å². The average molecular weight is 530 g/mol. The molecule has 0 saturated carbocycles. The lowest BCUT2D eigenvalue weighted by atomic mass is 9.91. The van der Waals surface area contributed by atoms with Gasteiger partial charge in [-0.3, -0.25) is 9.52 Å². The molecule has 6 nitrogen and oxygen atoms in total. The molecule has 0 bridgehead atoms. The molecule has 1 amide bonds. The van der Waals surface area contributed by atoms with Gasteiger partial charge < -0.3 is 5.32 Å². The molecule has 9 heteroatoms. The highest BCUT2D eigenvalue weighted by molar-refractivity contribution is 7.98. The molecule has 0 radical (unpaired) electrons. The lowest BCUT2D eigenvalue weighted by Crippen LogP contribution is -2.28. The number of thioether (sulfide) groups is 1. The van der Waals surface area contributed by atoms with E-state index in [1.165, 1.54) is 17.7 Å². The Morgan fingerprint density at radius 1 is 1.08 bits per heavy atom. The molecule has 0 spiro atoms. The third-order valence-corrected chi connectivity index (χ3v) is 7.26. The molecule has 0 fully saturated rings. The number of benzene rings is 2. The number of carbonyl (C=O) groups is 1. The van der Waals surface area contributed by atoms with Crippen LogP contribution in [0.3, 0.4) is 0 Å². The van der Waals surface area contributed by atoms with Gasteiger partial charge in [0.15, 0.2) is 0 Å². The number of sulfonamides is 1. The van der Waals surface area contributed by atoms with Gasteiger partial charge in [-0.1, -0.05) is 63.2 Å². The van der Waals surface area contributed by atoms with Crippen molar-refractivity contribution in [2.24, 2.45) is 0 Å². The van der Waals surface area contributed by atoms with Crippen LogP contribution in [0.2, 0.25) is 0 Å². The van der Waals surface area contributed by atoms with E-state index in [-0.39, 0.29) is 23.6 Å². The number of rotatable bonds is 9. The van der Waals surface area contributed by atoms with E-state index in [4.69, 9.17) is 4.98 Å². The summed E-state index contributed by atoms with van der Waals surface area (Å²) in [5, 5.41) is 3.80. The fourth-order valence-electron chi connectivity index (χ4n) is 3.44. The van der Waals surface area contributed by atoms with Crippen molar-refractivity contribution in [2.75, 3.05) is 11.0 Å². The van der Waals surface area contributed by atoms with E-state index < -0.39 is 21.8 Å². The summed E-state index contributed by atoms with van der Waals surface area (Å²) < 4.78 is 39.3. The van der Waals surface area contributed by atoms with Gasteiger partial charge in [0.1, 0.15) is 10.8 Å². The summed E-state index contributed by atoms with van der Waals surface area (Å²) >= 11 is 1.63. The van der Waals surface area contributed by atoms with Crippen molar-refractivity contribution in [3.63, 3.8) is 0 Å². The molecule has 1 heterocycles. The van der Waals surface area contributed by atoms with Crippen LogP contribution in [-0.4, -0.2) is 25.6 Å². The van der Waals surface area contributed by atoms with Crippen molar-refractivity contribution in [2.45, 2.75) is 56.4 Å². The summed E-state index contributed by atoms with van der Waals surface area (Å²) in [5.41, 5.74) is 3.25. The molecule has 3 aromatic rings. The molecule has 3 rings (SSSR count). The summed E-state index contributed by atoms with van der Waals surface area (Å²) in [4.78, 5) is 17.8. The van der Waals surface area contributed by atoms with Gasteiger partial charge in [-0.15, -0.1) is 11.8 Å². The lowest BCUT2D eigenvalue weighted by molar-refractivity contribution is -0.122. The molecule has 2 aromatic carbocycles. The first kappa shape index (κ1) is 27.7. The third kappa shape index (κ3) is 7.80. The van der Waals surface area contributed by atoms with Crippen LogP contribution in [0, 0.1) is 5.82 Å². The van der Waals surface area contributed by atoms with Crippen LogP contribution < -0.4 is 10.0 Å². The maximum absolute atomic E-state index is 14.4. The van der Waals surface area contributed by atoms with Gasteiger partial charge in [-0.2, -0.15) is 0 Å². The quantitative estimate of drug-likeness (QED) is 0.352. The summed E-state index contributed by atoms with van der Waals surface area (Å²) in [7, 11) is -3.60. The van der Waals surface area contributed by atoms with Crippen LogP contribution in [0.5, 0.6) is 0 Å². The van der Waals surface area contributed by atoms with Crippen molar-refractivity contribution < 1.29 is 17.6 Å². The second kappa shape index (κ2) is 11.4. The summed E-state index contributed by atoms with van der Waals surface area (Å²) in [6.07, 6.45) is 0.950. The van der Waals surface area contributed by atoms with Gasteiger partial charge in [-0.05, 0) is 36.2 Å². The number of nitrogens with zero attached hydrogens (tertiary/aromatic N) is 1. The monoisotopic (exact) mass is 529 g/mol. The van der Waals surface area contributed by atoms with Crippen molar-refractivity contribution in [3.8, 4) is 0 Å². The van der Waals surface area contributed by atoms with E-state index in [9.17, 15) is 17.6 Å². The fourth-order valence-corrected chi connectivity index (χ4v) is 4.99. The Kier molecular flexibility index (Phi) is 8.79. The van der Waals surface area contributed by atoms with Crippen molar-refractivity contribution >= 4 is 33.4 Å². The van der Waals surface area contributed by atoms with Crippen molar-refractivity contribution in [1.82, 2.24) is 10.3 Å². The van der Waals surface area contributed by atoms with Gasteiger partial charge >= 0.3 is 0 Å². The summed E-state index contributed by atoms with van der Waals surface area (Å²) in [5.74, 6) is -0.878. The normalized spacial score (nSPS) is 12.7. The Morgan fingerprint density at radius 2 is 1.78 bits per heavy atom. The van der Waals surface area contributed by atoms with Crippen LogP contribution >= 0.6 is 11.8 Å². The van der Waals surface area contributed by atoms with Crippen LogP contribution in [0.4, 0.5) is 10.1 Å². The molecule has 1 aromatic heterocycles. The van der Waals surface area contributed by atoms with E-state index in [1.54, 1.807) is 24.8 Å². The second-order valence-electron chi connectivity index (χ2n) is 9.74. The van der Waals surface area contributed by atoms with Crippen LogP contribution in [0.25, 0.3) is 0 Å². The molecule has 1 unspecified atom stereocenters. The first-order valence-corrected chi connectivity index (χ1v) is 14.4. The highest BCUT2D eigenvalue weighted by atomic mass is 32.2. The number of anilines is 1. The molecule has 0 aliphatic rings. The molecular formula is C27H32FN3O3S2. The molecule has 2 N–H and O–H groups in total. The van der Waals surface area contributed by atoms with Gasteiger partial charge in [-0.25, -0.2) is 17.8 Å². The standard InChI is InChI=1S/C27H32FN3O3S2/c1-18(20-11-13-23(22(28)15-20)31-36(5,33)34)25(32)29-16-21-12-14-24(27(2,3)4)30-26(21)35-17-19-9-7-6-8-10-19/h6-15,18,31H,16-17H2,1-5H3,(H,29,32). The lowest BCUT2D eigenvalue weighted by Gasteiger charge is -2.20. The Labute approximate surface area is 217 Å². The van der Waals surface area contributed by atoms with E-state index in [1.807, 2.05) is 30.3 Å². The molecule has 1 atom stereocenters.